The molecule has 0 aromatic heterocycles. The summed E-state index contributed by atoms with van der Waals surface area (Å²) in [5.41, 5.74) is 0. The van der Waals surface area contributed by atoms with E-state index in [0.29, 0.717) is 12.6 Å². The van der Waals surface area contributed by atoms with E-state index in [-0.39, 0.29) is 12.8 Å². The molecule has 1 N–H and O–H groups in total. The lowest BCUT2D eigenvalue weighted by molar-refractivity contribution is -0.143. The van der Waals surface area contributed by atoms with Gasteiger partial charge in [0.2, 0.25) is 0 Å². The second-order valence-electron chi connectivity index (χ2n) is 1.82. The molecule has 0 spiro atoms. The molecule has 0 aliphatic heterocycles. The summed E-state index contributed by atoms with van der Waals surface area (Å²) < 4.78 is 0. The molecule has 0 bridgehead atoms. The summed E-state index contributed by atoms with van der Waals surface area (Å²) in [6.45, 7) is 0. The van der Waals surface area contributed by atoms with Gasteiger partial charge in [-0.25, -0.2) is 0 Å². The van der Waals surface area contributed by atoms with E-state index in [1.165, 1.54) is 0 Å². The molecular weight excluding hydrogens is 136 g/mol. The van der Waals surface area contributed by atoms with E-state index in [1.807, 2.05) is 0 Å². The van der Waals surface area contributed by atoms with E-state index in [9.17, 15) is 14.4 Å². The Morgan fingerprint density at radius 2 is 2.10 bits per heavy atom. The normalized spacial score (nSPS) is 12.0. The molecule has 0 fully saturated rings. The van der Waals surface area contributed by atoms with Crippen LogP contribution in [0.4, 0.5) is 0 Å². The zero-order valence-electron chi connectivity index (χ0n) is 5.32. The molecule has 4 heteroatoms. The van der Waals surface area contributed by atoms with E-state index in [1.54, 1.807) is 0 Å². The van der Waals surface area contributed by atoms with Gasteiger partial charge in [-0.15, -0.1) is 0 Å². The second kappa shape index (κ2) is 4.67. The third-order valence-electron chi connectivity index (χ3n) is 1.08. The topological polar surface area (TPSA) is 71.4 Å². The minimum absolute atomic E-state index is 0.0995. The van der Waals surface area contributed by atoms with Crippen LogP contribution in [0.3, 0.4) is 0 Å². The molecule has 0 radical (unpaired) electrons. The highest BCUT2D eigenvalue weighted by Gasteiger charge is 2.14. The third kappa shape index (κ3) is 2.96. The van der Waals surface area contributed by atoms with E-state index in [4.69, 9.17) is 5.11 Å². The van der Waals surface area contributed by atoms with Crippen molar-refractivity contribution in [1.82, 2.24) is 0 Å². The fraction of sp³-hybridized carbons (Fsp3) is 0.500. The Balaban J connectivity index is 3.71. The van der Waals surface area contributed by atoms with E-state index in [0.717, 1.165) is 0 Å². The van der Waals surface area contributed by atoms with Crippen LogP contribution in [0.15, 0.2) is 0 Å². The molecule has 1 unspecified atom stereocenters. The molecule has 0 saturated heterocycles. The number of rotatable bonds is 5. The largest absolute Gasteiger partial charge is 0.481 e. The Morgan fingerprint density at radius 3 is 2.40 bits per heavy atom. The van der Waals surface area contributed by atoms with Crippen LogP contribution < -0.4 is 0 Å². The minimum Gasteiger partial charge on any atom is -0.481 e. The van der Waals surface area contributed by atoms with Crippen LogP contribution in [-0.4, -0.2) is 23.6 Å². The zero-order valence-corrected chi connectivity index (χ0v) is 5.32. The molecular formula is C6H8O4. The predicted octanol–water partition coefficient (Wildman–Crippen LogP) is -0.135. The van der Waals surface area contributed by atoms with Crippen molar-refractivity contribution in [2.24, 2.45) is 5.92 Å². The standard InChI is InChI=1S/C6H8O4/c7-3-1-2-5(4-8)6(9)10/h3-5H,1-2H2,(H,9,10). The molecule has 4 nitrogen and oxygen atoms in total. The van der Waals surface area contributed by atoms with Crippen LogP contribution in [-0.2, 0) is 14.4 Å². The summed E-state index contributed by atoms with van der Waals surface area (Å²) in [6.07, 6.45) is 1.16. The van der Waals surface area contributed by atoms with Crippen LogP contribution >= 0.6 is 0 Å². The Kier molecular flexibility index (Phi) is 4.11. The smallest absolute Gasteiger partial charge is 0.313 e. The number of carboxylic acid groups (broad SMARTS) is 1. The minimum atomic E-state index is -1.17. The van der Waals surface area contributed by atoms with E-state index >= 15 is 0 Å². The fourth-order valence-corrected chi connectivity index (χ4v) is 0.497. The maximum atomic E-state index is 10.1. The highest BCUT2D eigenvalue weighted by molar-refractivity contribution is 5.86. The molecule has 0 amide bonds. The number of carbonyl (C=O) groups excluding carboxylic acids is 2. The average molecular weight is 144 g/mol. The lowest BCUT2D eigenvalue weighted by atomic mass is 10.1. The highest BCUT2D eigenvalue weighted by atomic mass is 16.4. The zero-order chi connectivity index (χ0) is 7.98. The highest BCUT2D eigenvalue weighted by Crippen LogP contribution is 2.00. The number of carboxylic acids is 1. The van der Waals surface area contributed by atoms with Crippen molar-refractivity contribution < 1.29 is 19.5 Å². The molecule has 1 atom stereocenters. The van der Waals surface area contributed by atoms with Crippen LogP contribution in [0.5, 0.6) is 0 Å². The Hall–Kier alpha value is -1.19. The van der Waals surface area contributed by atoms with Gasteiger partial charge in [-0.1, -0.05) is 0 Å². The molecule has 10 heavy (non-hydrogen) atoms. The van der Waals surface area contributed by atoms with Gasteiger partial charge in [-0.2, -0.15) is 0 Å². The molecule has 0 aromatic rings. The Morgan fingerprint density at radius 1 is 1.50 bits per heavy atom. The van der Waals surface area contributed by atoms with Crippen LogP contribution in [0, 0.1) is 5.92 Å². The monoisotopic (exact) mass is 144 g/mol. The van der Waals surface area contributed by atoms with Gasteiger partial charge in [0.15, 0.2) is 0 Å². The van der Waals surface area contributed by atoms with Crippen LogP contribution in [0.2, 0.25) is 0 Å². The first-order chi connectivity index (χ1) is 4.72. The number of carbonyl (C=O) groups is 3. The quantitative estimate of drug-likeness (QED) is 0.430. The van der Waals surface area contributed by atoms with Crippen molar-refractivity contribution in [2.45, 2.75) is 12.8 Å². The first-order valence-electron chi connectivity index (χ1n) is 2.84. The van der Waals surface area contributed by atoms with E-state index in [2.05, 4.69) is 0 Å². The van der Waals surface area contributed by atoms with Gasteiger partial charge in [-0.3, -0.25) is 4.79 Å². The third-order valence-corrected chi connectivity index (χ3v) is 1.08. The Bertz CT molecular complexity index is 141. The summed E-state index contributed by atoms with van der Waals surface area (Å²) in [6, 6.07) is 0. The van der Waals surface area contributed by atoms with Crippen molar-refractivity contribution in [2.75, 3.05) is 0 Å². The summed E-state index contributed by atoms with van der Waals surface area (Å²) >= 11 is 0. The lowest BCUT2D eigenvalue weighted by Crippen LogP contribution is -2.14. The van der Waals surface area contributed by atoms with Crippen molar-refractivity contribution in [3.8, 4) is 0 Å². The van der Waals surface area contributed by atoms with Crippen LogP contribution in [0.1, 0.15) is 12.8 Å². The van der Waals surface area contributed by atoms with Gasteiger partial charge in [0.1, 0.15) is 18.5 Å². The molecule has 56 valence electrons. The maximum absolute atomic E-state index is 10.1. The first-order valence-corrected chi connectivity index (χ1v) is 2.84. The van der Waals surface area contributed by atoms with Crippen molar-refractivity contribution >= 4 is 18.5 Å². The fourth-order valence-electron chi connectivity index (χ4n) is 0.497. The second-order valence-corrected chi connectivity index (χ2v) is 1.82. The van der Waals surface area contributed by atoms with Crippen molar-refractivity contribution in [3.63, 3.8) is 0 Å². The number of hydrogen-bond donors (Lipinski definition) is 1. The molecule has 0 rings (SSSR count). The summed E-state index contributed by atoms with van der Waals surface area (Å²) in [5.74, 6) is -2.19. The summed E-state index contributed by atoms with van der Waals surface area (Å²) in [7, 11) is 0. The van der Waals surface area contributed by atoms with Gasteiger partial charge >= 0.3 is 5.97 Å². The Labute approximate surface area is 57.8 Å². The van der Waals surface area contributed by atoms with Crippen molar-refractivity contribution in [1.29, 1.82) is 0 Å². The molecule has 0 heterocycles. The van der Waals surface area contributed by atoms with Gasteiger partial charge in [0, 0.05) is 6.42 Å². The molecule has 0 saturated carbocycles. The van der Waals surface area contributed by atoms with Gasteiger partial charge < -0.3 is 14.7 Å². The number of aliphatic carboxylic acids is 1. The molecule has 0 aliphatic carbocycles. The molecule has 0 aliphatic rings. The SMILES string of the molecule is O=CCCC(C=O)C(=O)O. The van der Waals surface area contributed by atoms with Gasteiger partial charge in [-0.05, 0) is 6.42 Å². The van der Waals surface area contributed by atoms with Crippen LogP contribution in [0.25, 0.3) is 0 Å². The average Bonchev–Trinajstić information content (AvgIpc) is 1.89. The number of aldehydes is 2. The lowest BCUT2D eigenvalue weighted by Gasteiger charge is -1.98. The molecule has 0 aromatic carbocycles. The van der Waals surface area contributed by atoms with E-state index < -0.39 is 11.9 Å². The summed E-state index contributed by atoms with van der Waals surface area (Å²) in [4.78, 5) is 29.8. The predicted molar refractivity (Wildman–Crippen MR) is 32.5 cm³/mol. The number of hydrogen-bond acceptors (Lipinski definition) is 3. The maximum Gasteiger partial charge on any atom is 0.313 e. The van der Waals surface area contributed by atoms with Gasteiger partial charge in [0.25, 0.3) is 0 Å². The van der Waals surface area contributed by atoms with Gasteiger partial charge in [0.05, 0.1) is 0 Å². The first kappa shape index (κ1) is 8.81. The summed E-state index contributed by atoms with van der Waals surface area (Å²) in [5, 5.41) is 8.25. The van der Waals surface area contributed by atoms with Crippen molar-refractivity contribution in [3.05, 3.63) is 0 Å².